The zero-order valence-electron chi connectivity index (χ0n) is 14.1. The highest BCUT2D eigenvalue weighted by Crippen LogP contribution is 2.34. The van der Waals surface area contributed by atoms with Gasteiger partial charge in [-0.05, 0) is 37.2 Å². The van der Waals surface area contributed by atoms with E-state index < -0.39 is 0 Å². The summed E-state index contributed by atoms with van der Waals surface area (Å²) in [5.41, 5.74) is 1.33. The Morgan fingerprint density at radius 1 is 1.30 bits per heavy atom. The molecule has 4 heteroatoms. The van der Waals surface area contributed by atoms with E-state index >= 15 is 0 Å². The van der Waals surface area contributed by atoms with Crippen LogP contribution in [0.2, 0.25) is 0 Å². The number of nitrogens with one attached hydrogen (secondary N) is 1. The first-order valence-corrected chi connectivity index (χ1v) is 8.86. The van der Waals surface area contributed by atoms with Gasteiger partial charge in [0.1, 0.15) is 0 Å². The van der Waals surface area contributed by atoms with Crippen molar-refractivity contribution >= 4 is 6.03 Å². The van der Waals surface area contributed by atoms with E-state index in [1.54, 1.807) is 0 Å². The quantitative estimate of drug-likeness (QED) is 0.930. The summed E-state index contributed by atoms with van der Waals surface area (Å²) < 4.78 is 5.56. The number of amides is 2. The third-order valence-corrected chi connectivity index (χ3v) is 5.36. The Morgan fingerprint density at radius 2 is 2.04 bits per heavy atom. The standard InChI is InChI=1S/C19H28N2O2/c1-16-6-5-11-21(14-16)18(22)20-15-19(9-12-23-13-10-19)17-7-3-2-4-8-17/h2-4,7-8,16H,5-6,9-15H2,1H3,(H,20,22). The Hall–Kier alpha value is -1.55. The first-order valence-electron chi connectivity index (χ1n) is 8.86. The molecular weight excluding hydrogens is 288 g/mol. The molecule has 1 aromatic carbocycles. The topological polar surface area (TPSA) is 41.6 Å². The van der Waals surface area contributed by atoms with Crippen LogP contribution in [0.15, 0.2) is 30.3 Å². The molecule has 2 fully saturated rings. The van der Waals surface area contributed by atoms with Crippen LogP contribution in [0.25, 0.3) is 0 Å². The number of carbonyl (C=O) groups is 1. The smallest absolute Gasteiger partial charge is 0.317 e. The van der Waals surface area contributed by atoms with E-state index in [-0.39, 0.29) is 11.4 Å². The van der Waals surface area contributed by atoms with E-state index in [4.69, 9.17) is 4.74 Å². The lowest BCUT2D eigenvalue weighted by atomic mass is 9.74. The molecule has 23 heavy (non-hydrogen) atoms. The van der Waals surface area contributed by atoms with Gasteiger partial charge in [0.25, 0.3) is 0 Å². The van der Waals surface area contributed by atoms with Gasteiger partial charge in [0.05, 0.1) is 0 Å². The molecule has 0 radical (unpaired) electrons. The Balaban J connectivity index is 1.66. The molecule has 2 heterocycles. The lowest BCUT2D eigenvalue weighted by Crippen LogP contribution is -2.50. The first kappa shape index (κ1) is 16.3. The molecule has 1 atom stereocenters. The summed E-state index contributed by atoms with van der Waals surface area (Å²) in [6.45, 7) is 6.23. The van der Waals surface area contributed by atoms with Crippen molar-refractivity contribution in [2.75, 3.05) is 32.8 Å². The fourth-order valence-electron chi connectivity index (χ4n) is 3.85. The third-order valence-electron chi connectivity index (χ3n) is 5.36. The molecule has 1 unspecified atom stereocenters. The summed E-state index contributed by atoms with van der Waals surface area (Å²) in [5, 5.41) is 3.21. The van der Waals surface area contributed by atoms with E-state index in [1.807, 2.05) is 11.0 Å². The van der Waals surface area contributed by atoms with Crippen molar-refractivity contribution in [1.82, 2.24) is 10.2 Å². The average Bonchev–Trinajstić information content (AvgIpc) is 2.61. The van der Waals surface area contributed by atoms with Gasteiger partial charge in [-0.3, -0.25) is 0 Å². The van der Waals surface area contributed by atoms with Crippen LogP contribution < -0.4 is 5.32 Å². The van der Waals surface area contributed by atoms with Crippen LogP contribution in [0, 0.1) is 5.92 Å². The largest absolute Gasteiger partial charge is 0.381 e. The Bertz CT molecular complexity index is 511. The summed E-state index contributed by atoms with van der Waals surface area (Å²) in [4.78, 5) is 14.5. The van der Waals surface area contributed by atoms with Gasteiger partial charge in [-0.15, -0.1) is 0 Å². The van der Waals surface area contributed by atoms with Crippen molar-refractivity contribution in [1.29, 1.82) is 0 Å². The molecule has 2 amide bonds. The zero-order valence-corrected chi connectivity index (χ0v) is 14.1. The van der Waals surface area contributed by atoms with Crippen LogP contribution in [0.5, 0.6) is 0 Å². The zero-order chi connectivity index (χ0) is 16.1. The number of piperidine rings is 1. The summed E-state index contributed by atoms with van der Waals surface area (Å²) >= 11 is 0. The average molecular weight is 316 g/mol. The number of likely N-dealkylation sites (tertiary alicyclic amines) is 1. The van der Waals surface area contributed by atoms with Gasteiger partial charge in [0, 0.05) is 38.3 Å². The molecule has 2 aliphatic heterocycles. The summed E-state index contributed by atoms with van der Waals surface area (Å²) in [5.74, 6) is 0.612. The highest BCUT2D eigenvalue weighted by Gasteiger charge is 2.35. The normalized spacial score (nSPS) is 24.2. The second kappa shape index (κ2) is 7.35. The predicted octanol–water partition coefficient (Wildman–Crippen LogP) is 3.18. The predicted molar refractivity (Wildman–Crippen MR) is 91.5 cm³/mol. The minimum atomic E-state index is 0.0105. The van der Waals surface area contributed by atoms with E-state index in [2.05, 4.69) is 36.5 Å². The molecule has 0 spiro atoms. The Morgan fingerprint density at radius 3 is 2.74 bits per heavy atom. The van der Waals surface area contributed by atoms with Gasteiger partial charge in [-0.1, -0.05) is 37.3 Å². The molecule has 3 rings (SSSR count). The van der Waals surface area contributed by atoms with Gasteiger partial charge in [0.2, 0.25) is 0 Å². The monoisotopic (exact) mass is 316 g/mol. The molecule has 2 saturated heterocycles. The van der Waals surface area contributed by atoms with Crippen molar-refractivity contribution in [3.63, 3.8) is 0 Å². The fraction of sp³-hybridized carbons (Fsp3) is 0.632. The van der Waals surface area contributed by atoms with Crippen molar-refractivity contribution in [3.05, 3.63) is 35.9 Å². The van der Waals surface area contributed by atoms with Crippen LogP contribution in [0.1, 0.15) is 38.2 Å². The van der Waals surface area contributed by atoms with Crippen molar-refractivity contribution in [2.24, 2.45) is 5.92 Å². The number of ether oxygens (including phenoxy) is 1. The Labute approximate surface area is 139 Å². The second-order valence-corrected chi connectivity index (χ2v) is 7.11. The molecule has 1 N–H and O–H groups in total. The van der Waals surface area contributed by atoms with Crippen LogP contribution in [-0.2, 0) is 10.2 Å². The van der Waals surface area contributed by atoms with E-state index in [1.165, 1.54) is 12.0 Å². The molecule has 0 aromatic heterocycles. The maximum absolute atomic E-state index is 12.5. The molecule has 4 nitrogen and oxygen atoms in total. The second-order valence-electron chi connectivity index (χ2n) is 7.11. The van der Waals surface area contributed by atoms with Crippen LogP contribution >= 0.6 is 0 Å². The number of benzene rings is 1. The van der Waals surface area contributed by atoms with Crippen molar-refractivity contribution in [2.45, 2.75) is 38.0 Å². The van der Waals surface area contributed by atoms with Gasteiger partial charge < -0.3 is 15.0 Å². The highest BCUT2D eigenvalue weighted by atomic mass is 16.5. The highest BCUT2D eigenvalue weighted by molar-refractivity contribution is 5.74. The number of hydrogen-bond acceptors (Lipinski definition) is 2. The van der Waals surface area contributed by atoms with Gasteiger partial charge in [0.15, 0.2) is 0 Å². The number of nitrogens with zero attached hydrogens (tertiary/aromatic N) is 1. The van der Waals surface area contributed by atoms with Gasteiger partial charge in [-0.2, -0.15) is 0 Å². The van der Waals surface area contributed by atoms with Gasteiger partial charge >= 0.3 is 6.03 Å². The molecule has 0 bridgehead atoms. The molecule has 126 valence electrons. The minimum absolute atomic E-state index is 0.0105. The van der Waals surface area contributed by atoms with Crippen molar-refractivity contribution in [3.8, 4) is 0 Å². The molecular formula is C19H28N2O2. The maximum Gasteiger partial charge on any atom is 0.317 e. The maximum atomic E-state index is 12.5. The van der Waals surface area contributed by atoms with E-state index in [0.717, 1.165) is 45.6 Å². The summed E-state index contributed by atoms with van der Waals surface area (Å²) in [6.07, 6.45) is 4.28. The number of carbonyl (C=O) groups excluding carboxylic acids is 1. The van der Waals surface area contributed by atoms with Crippen molar-refractivity contribution < 1.29 is 9.53 Å². The first-order chi connectivity index (χ1) is 11.2. The molecule has 0 saturated carbocycles. The number of urea groups is 1. The Kier molecular flexibility index (Phi) is 5.21. The van der Waals surface area contributed by atoms with Crippen LogP contribution in [-0.4, -0.2) is 43.8 Å². The molecule has 0 aliphatic carbocycles. The summed E-state index contributed by atoms with van der Waals surface area (Å²) in [7, 11) is 0. The third kappa shape index (κ3) is 3.86. The lowest BCUT2D eigenvalue weighted by Gasteiger charge is -2.39. The van der Waals surface area contributed by atoms with E-state index in [0.29, 0.717) is 12.5 Å². The van der Waals surface area contributed by atoms with Crippen LogP contribution in [0.3, 0.4) is 0 Å². The number of hydrogen-bond donors (Lipinski definition) is 1. The lowest BCUT2D eigenvalue weighted by molar-refractivity contribution is 0.0499. The van der Waals surface area contributed by atoms with E-state index in [9.17, 15) is 4.79 Å². The minimum Gasteiger partial charge on any atom is -0.381 e. The number of rotatable bonds is 3. The fourth-order valence-corrected chi connectivity index (χ4v) is 3.85. The summed E-state index contributed by atoms with van der Waals surface area (Å²) in [6, 6.07) is 10.7. The molecule has 1 aromatic rings. The molecule has 2 aliphatic rings. The van der Waals surface area contributed by atoms with Crippen LogP contribution in [0.4, 0.5) is 4.79 Å². The SMILES string of the molecule is CC1CCCN(C(=O)NCC2(c3ccccc3)CCOCC2)C1. The van der Waals surface area contributed by atoms with Gasteiger partial charge in [-0.25, -0.2) is 4.79 Å².